The maximum Gasteiger partial charge on any atom is 0.519 e. The second kappa shape index (κ2) is 12.0. The molecule has 12 nitrogen and oxygen atoms in total. The lowest BCUT2D eigenvalue weighted by Gasteiger charge is -2.17. The number of aryl methyl sites for hydroxylation is 2. The van der Waals surface area contributed by atoms with E-state index in [-0.39, 0.29) is 29.5 Å². The summed E-state index contributed by atoms with van der Waals surface area (Å²) in [7, 11) is 0. The maximum atomic E-state index is 13.3. The summed E-state index contributed by atoms with van der Waals surface area (Å²) in [5.41, 5.74) is 2.51. The summed E-state index contributed by atoms with van der Waals surface area (Å²) in [5.74, 6) is -0.243. The summed E-state index contributed by atoms with van der Waals surface area (Å²) in [6.45, 7) is 12.4. The van der Waals surface area contributed by atoms with Crippen LogP contribution in [0.15, 0.2) is 75.3 Å². The van der Waals surface area contributed by atoms with Crippen LogP contribution in [0.5, 0.6) is 0 Å². The summed E-state index contributed by atoms with van der Waals surface area (Å²) in [6.07, 6.45) is 0. The van der Waals surface area contributed by atoms with E-state index in [1.807, 2.05) is 48.5 Å². The number of aromatic nitrogens is 6. The van der Waals surface area contributed by atoms with Crippen molar-refractivity contribution in [3.8, 4) is 22.5 Å². The summed E-state index contributed by atoms with van der Waals surface area (Å²) in [5, 5.41) is 25.1. The van der Waals surface area contributed by atoms with E-state index < -0.39 is 17.4 Å². The van der Waals surface area contributed by atoms with E-state index in [0.717, 1.165) is 22.3 Å². The molecule has 0 unspecified atom stereocenters. The minimum Gasteiger partial charge on any atom is -0.453 e. The number of carbonyl (C=O) groups excluding carboxylic acids is 1. The molecule has 0 atom stereocenters. The summed E-state index contributed by atoms with van der Waals surface area (Å²) >= 11 is 0. The van der Waals surface area contributed by atoms with Gasteiger partial charge in [0.2, 0.25) is 5.82 Å². The molecule has 0 radical (unpaired) electrons. The van der Waals surface area contributed by atoms with Gasteiger partial charge in [0.25, 0.3) is 0 Å². The molecule has 0 spiro atoms. The number of hydrogen-bond donors (Lipinski definition) is 2. The third-order valence-electron chi connectivity index (χ3n) is 6.22. The van der Waals surface area contributed by atoms with Crippen LogP contribution in [-0.2, 0) is 23.5 Å². The average molecular weight is 559 g/mol. The van der Waals surface area contributed by atoms with Crippen molar-refractivity contribution in [2.24, 2.45) is 0 Å². The molecule has 0 aliphatic rings. The van der Waals surface area contributed by atoms with Gasteiger partial charge in [-0.05, 0) is 49.6 Å². The SMILES string of the molecule is C=C.Cc1oc(=O)oc1COC(=O)c1c(C(C)(C)O)nc(C)n1Cc1ccc(-c2ccccc2-c2nn[nH]n2)cc1. The molecule has 3 aromatic heterocycles. The van der Waals surface area contributed by atoms with Gasteiger partial charge in [0.05, 0.1) is 0 Å². The van der Waals surface area contributed by atoms with Gasteiger partial charge in [0.1, 0.15) is 17.1 Å². The number of esters is 1. The van der Waals surface area contributed by atoms with Crippen LogP contribution in [0.2, 0.25) is 0 Å². The molecule has 12 heteroatoms. The lowest BCUT2D eigenvalue weighted by molar-refractivity contribution is 0.0395. The van der Waals surface area contributed by atoms with Crippen LogP contribution in [0.25, 0.3) is 22.5 Å². The number of hydrogen-bond acceptors (Lipinski definition) is 10. The number of aromatic amines is 1. The second-order valence-corrected chi connectivity index (χ2v) is 9.49. The van der Waals surface area contributed by atoms with E-state index in [2.05, 4.69) is 38.8 Å². The molecule has 0 aliphatic carbocycles. The lowest BCUT2D eigenvalue weighted by atomic mass is 9.98. The normalized spacial score (nSPS) is 11.1. The molecule has 5 rings (SSSR count). The highest BCUT2D eigenvalue weighted by atomic mass is 16.6. The highest BCUT2D eigenvalue weighted by molar-refractivity contribution is 5.89. The Bertz CT molecular complexity index is 1690. The fourth-order valence-corrected chi connectivity index (χ4v) is 4.28. The maximum absolute atomic E-state index is 13.3. The van der Waals surface area contributed by atoms with Crippen molar-refractivity contribution >= 4 is 5.97 Å². The molecular formula is C29H30N6O6. The van der Waals surface area contributed by atoms with Crippen molar-refractivity contribution in [3.63, 3.8) is 0 Å². The Morgan fingerprint density at radius 2 is 1.76 bits per heavy atom. The Kier molecular flexibility index (Phi) is 8.43. The Labute approximate surface area is 235 Å². The third-order valence-corrected chi connectivity index (χ3v) is 6.22. The van der Waals surface area contributed by atoms with Crippen molar-refractivity contribution in [2.45, 2.75) is 46.4 Å². The van der Waals surface area contributed by atoms with Crippen molar-refractivity contribution in [3.05, 3.63) is 107 Å². The van der Waals surface area contributed by atoms with Crippen molar-refractivity contribution in [1.29, 1.82) is 0 Å². The standard InChI is InChI=1S/C27H26N6O6.C2H4/c1-15-21(39-26(35)38-15)14-37-25(34)22-23(27(3,4)36)28-16(2)33(22)13-17-9-11-18(12-10-17)19-7-5-6-8-20(19)24-29-31-32-30-24;1-2/h5-12,36H,13-14H2,1-4H3,(H,29,30,31,32);1-2H2. The van der Waals surface area contributed by atoms with E-state index in [1.165, 1.54) is 6.92 Å². The Hall–Kier alpha value is -5.10. The van der Waals surface area contributed by atoms with Gasteiger partial charge >= 0.3 is 11.8 Å². The van der Waals surface area contributed by atoms with Crippen molar-refractivity contribution in [2.75, 3.05) is 0 Å². The molecule has 41 heavy (non-hydrogen) atoms. The molecular weight excluding hydrogens is 528 g/mol. The van der Waals surface area contributed by atoms with Gasteiger partial charge in [-0.3, -0.25) is 0 Å². The summed E-state index contributed by atoms with van der Waals surface area (Å²) in [6, 6.07) is 15.6. The molecule has 2 N–H and O–H groups in total. The number of benzene rings is 2. The molecule has 2 aromatic carbocycles. The van der Waals surface area contributed by atoms with Crippen LogP contribution in [0, 0.1) is 13.8 Å². The first kappa shape index (κ1) is 28.9. The predicted molar refractivity (Wildman–Crippen MR) is 149 cm³/mol. The van der Waals surface area contributed by atoms with Crippen LogP contribution < -0.4 is 5.82 Å². The quantitative estimate of drug-likeness (QED) is 0.207. The number of rotatable bonds is 8. The zero-order valence-electron chi connectivity index (χ0n) is 23.2. The zero-order valence-corrected chi connectivity index (χ0v) is 23.2. The molecule has 5 aromatic rings. The van der Waals surface area contributed by atoms with E-state index in [1.54, 1.807) is 25.3 Å². The van der Waals surface area contributed by atoms with Gasteiger partial charge in [-0.1, -0.05) is 48.5 Å². The smallest absolute Gasteiger partial charge is 0.453 e. The first-order chi connectivity index (χ1) is 19.6. The molecule has 212 valence electrons. The van der Waals surface area contributed by atoms with Gasteiger partial charge in [-0.2, -0.15) is 5.21 Å². The van der Waals surface area contributed by atoms with Crippen LogP contribution >= 0.6 is 0 Å². The van der Waals surface area contributed by atoms with E-state index in [4.69, 9.17) is 13.6 Å². The number of nitrogens with one attached hydrogen (secondary N) is 1. The monoisotopic (exact) mass is 558 g/mol. The largest absolute Gasteiger partial charge is 0.519 e. The molecule has 3 heterocycles. The number of tetrazole rings is 1. The highest BCUT2D eigenvalue weighted by Gasteiger charge is 2.32. The average Bonchev–Trinajstić information content (AvgIpc) is 3.68. The molecule has 0 bridgehead atoms. The lowest BCUT2D eigenvalue weighted by Crippen LogP contribution is -2.23. The minimum atomic E-state index is -1.41. The van der Waals surface area contributed by atoms with E-state index in [9.17, 15) is 14.7 Å². The van der Waals surface area contributed by atoms with Crippen molar-refractivity contribution < 1.29 is 23.5 Å². The fraction of sp³-hybridized carbons (Fsp3) is 0.241. The van der Waals surface area contributed by atoms with Gasteiger partial charge in [0.15, 0.2) is 23.8 Å². The third kappa shape index (κ3) is 6.23. The van der Waals surface area contributed by atoms with Gasteiger partial charge in [0, 0.05) is 12.1 Å². The van der Waals surface area contributed by atoms with Crippen LogP contribution in [0.4, 0.5) is 0 Å². The molecule has 0 aliphatic heterocycles. The second-order valence-electron chi connectivity index (χ2n) is 9.49. The topological polar surface area (TPSA) is 162 Å². The Morgan fingerprint density at radius 1 is 1.07 bits per heavy atom. The zero-order chi connectivity index (χ0) is 29.7. The number of nitrogens with zero attached hydrogens (tertiary/aromatic N) is 5. The number of aliphatic hydroxyl groups is 1. The molecule has 0 amide bonds. The van der Waals surface area contributed by atoms with Crippen LogP contribution in [-0.4, -0.2) is 41.3 Å². The van der Waals surface area contributed by atoms with Gasteiger partial charge in [-0.25, -0.2) is 14.6 Å². The fourth-order valence-electron chi connectivity index (χ4n) is 4.28. The van der Waals surface area contributed by atoms with E-state index >= 15 is 0 Å². The van der Waals surface area contributed by atoms with Crippen LogP contribution in [0.1, 0.15) is 52.9 Å². The first-order valence-corrected chi connectivity index (χ1v) is 12.6. The number of ether oxygens (including phenoxy) is 1. The molecule has 0 saturated heterocycles. The van der Waals surface area contributed by atoms with Crippen molar-refractivity contribution in [1.82, 2.24) is 30.2 Å². The number of carbonyl (C=O) groups is 1. The number of H-pyrrole nitrogens is 1. The Morgan fingerprint density at radius 3 is 2.34 bits per heavy atom. The number of imidazole rings is 1. The summed E-state index contributed by atoms with van der Waals surface area (Å²) in [4.78, 5) is 29.1. The van der Waals surface area contributed by atoms with Gasteiger partial charge in [-0.15, -0.1) is 23.4 Å². The first-order valence-electron chi connectivity index (χ1n) is 12.6. The highest BCUT2D eigenvalue weighted by Crippen LogP contribution is 2.31. The molecule has 0 fully saturated rings. The Balaban J connectivity index is 0.00000189. The predicted octanol–water partition coefficient (Wildman–Crippen LogP) is 4.33. The minimum absolute atomic E-state index is 0.107. The van der Waals surface area contributed by atoms with E-state index in [0.29, 0.717) is 18.2 Å². The van der Waals surface area contributed by atoms with Gasteiger partial charge < -0.3 is 23.2 Å². The molecule has 0 saturated carbocycles. The van der Waals surface area contributed by atoms with Crippen LogP contribution in [0.3, 0.4) is 0 Å². The summed E-state index contributed by atoms with van der Waals surface area (Å²) < 4.78 is 16.9.